The topological polar surface area (TPSA) is 21.9 Å². The van der Waals surface area contributed by atoms with Gasteiger partial charge in [-0.25, -0.2) is 0 Å². The Morgan fingerprint density at radius 3 is 1.50 bits per heavy atom. The van der Waals surface area contributed by atoms with Crippen LogP contribution in [0.3, 0.4) is 0 Å². The van der Waals surface area contributed by atoms with Gasteiger partial charge in [-0.2, -0.15) is 0 Å². The fourth-order valence-corrected chi connectivity index (χ4v) is 0. The van der Waals surface area contributed by atoms with E-state index in [2.05, 4.69) is 5.32 Å². The van der Waals surface area contributed by atoms with Crippen molar-refractivity contribution in [2.45, 2.75) is 0 Å². The first kappa shape index (κ1) is 4.76. The molecule has 0 aromatic carbocycles. The minimum Gasteiger partial charge on any atom is -0.314 e. The Morgan fingerprint density at radius 2 is 1.50 bits per heavy atom. The van der Waals surface area contributed by atoms with E-state index in [0.717, 1.165) is 0 Å². The number of rotatable bonds is 0. The van der Waals surface area contributed by atoms with Crippen LogP contribution in [0, 0.1) is 0 Å². The molecule has 0 saturated carbocycles. The van der Waals surface area contributed by atoms with Gasteiger partial charge >= 0.3 is 0 Å². The summed E-state index contributed by atoms with van der Waals surface area (Å²) >= 11 is 0. The molecule has 1 aliphatic rings. The average molecular weight is 162 g/mol. The van der Waals surface area contributed by atoms with Gasteiger partial charge in [-0.3, -0.25) is 0 Å². The Hall–Kier alpha value is 0.759. The molecule has 1 nitrogen and oxygen atoms in total. The van der Waals surface area contributed by atoms with E-state index >= 15 is 0 Å². The maximum absolute atomic E-state index is 3.00. The van der Waals surface area contributed by atoms with Gasteiger partial charge in [0.15, 0.2) is 0 Å². The zero-order valence-electron chi connectivity index (χ0n) is 2.41. The van der Waals surface area contributed by atoms with Crippen molar-refractivity contribution in [2.75, 3.05) is 13.1 Å². The Morgan fingerprint density at radius 1 is 1.25 bits per heavy atom. The molecule has 0 unspecified atom stereocenters. The third kappa shape index (κ3) is 2.76. The Labute approximate surface area is 42.7 Å². The SMILES string of the molecule is C1CN1.[Sn]. The summed E-state index contributed by atoms with van der Waals surface area (Å²) in [5.74, 6) is 0. The summed E-state index contributed by atoms with van der Waals surface area (Å²) in [6, 6.07) is 0. The molecule has 22 valence electrons. The number of hydrogen-bond donors (Lipinski definition) is 1. The maximum atomic E-state index is 3.00. The summed E-state index contributed by atoms with van der Waals surface area (Å²) in [6.45, 7) is 2.50. The van der Waals surface area contributed by atoms with Gasteiger partial charge in [-0.15, -0.1) is 0 Å². The summed E-state index contributed by atoms with van der Waals surface area (Å²) in [4.78, 5) is 0. The van der Waals surface area contributed by atoms with E-state index in [9.17, 15) is 0 Å². The fraction of sp³-hybridized carbons (Fsp3) is 1.00. The van der Waals surface area contributed by atoms with Gasteiger partial charge in [0, 0.05) is 37.0 Å². The quantitative estimate of drug-likeness (QED) is 0.365. The third-order valence-electron chi connectivity index (χ3n) is 0.250. The van der Waals surface area contributed by atoms with Gasteiger partial charge in [0.05, 0.1) is 0 Å². The molecule has 1 aliphatic heterocycles. The van der Waals surface area contributed by atoms with Crippen LogP contribution < -0.4 is 5.32 Å². The van der Waals surface area contributed by atoms with Crippen LogP contribution in [0.5, 0.6) is 0 Å². The first-order valence-corrected chi connectivity index (χ1v) is 1.21. The van der Waals surface area contributed by atoms with Crippen molar-refractivity contribution in [1.82, 2.24) is 5.32 Å². The van der Waals surface area contributed by atoms with E-state index in [1.165, 1.54) is 13.1 Å². The first-order chi connectivity index (χ1) is 1.50. The van der Waals surface area contributed by atoms with Gasteiger partial charge in [0.2, 0.25) is 0 Å². The van der Waals surface area contributed by atoms with Crippen LogP contribution in [-0.2, 0) is 0 Å². The number of hydrogen-bond acceptors (Lipinski definition) is 1. The Bertz CT molecular complexity index is 10.8. The molecule has 1 fully saturated rings. The summed E-state index contributed by atoms with van der Waals surface area (Å²) in [5, 5.41) is 3.00. The van der Waals surface area contributed by atoms with Gasteiger partial charge in [0.25, 0.3) is 0 Å². The van der Waals surface area contributed by atoms with E-state index in [4.69, 9.17) is 0 Å². The van der Waals surface area contributed by atoms with Crippen LogP contribution in [0.1, 0.15) is 0 Å². The molecule has 4 radical (unpaired) electrons. The van der Waals surface area contributed by atoms with E-state index in [0.29, 0.717) is 0 Å². The molecule has 1 heterocycles. The molecule has 2 heteroatoms. The van der Waals surface area contributed by atoms with Crippen molar-refractivity contribution < 1.29 is 0 Å². The third-order valence-corrected chi connectivity index (χ3v) is 0.250. The number of nitrogens with one attached hydrogen (secondary N) is 1. The Kier molecular flexibility index (Phi) is 2.41. The molecule has 0 aliphatic carbocycles. The molecule has 0 aromatic rings. The van der Waals surface area contributed by atoms with E-state index < -0.39 is 0 Å². The molecular formula is C2H5NSn. The van der Waals surface area contributed by atoms with Crippen molar-refractivity contribution in [3.05, 3.63) is 0 Å². The van der Waals surface area contributed by atoms with Crippen molar-refractivity contribution >= 4 is 23.9 Å². The van der Waals surface area contributed by atoms with Crippen LogP contribution in [0.15, 0.2) is 0 Å². The summed E-state index contributed by atoms with van der Waals surface area (Å²) in [6.07, 6.45) is 0. The van der Waals surface area contributed by atoms with Crippen LogP contribution in [0.4, 0.5) is 0 Å². The second-order valence-corrected chi connectivity index (χ2v) is 0.750. The second-order valence-electron chi connectivity index (χ2n) is 0.750. The van der Waals surface area contributed by atoms with Crippen LogP contribution >= 0.6 is 0 Å². The van der Waals surface area contributed by atoms with Crippen LogP contribution in [0.2, 0.25) is 0 Å². The van der Waals surface area contributed by atoms with Gasteiger partial charge in [0.1, 0.15) is 0 Å². The smallest absolute Gasteiger partial charge is 0.00772 e. The van der Waals surface area contributed by atoms with E-state index in [1.54, 1.807) is 0 Å². The van der Waals surface area contributed by atoms with E-state index in [1.807, 2.05) is 0 Å². The predicted octanol–water partition coefficient (Wildman–Crippen LogP) is -0.791. The summed E-state index contributed by atoms with van der Waals surface area (Å²) in [5.41, 5.74) is 0. The molecule has 0 amide bonds. The largest absolute Gasteiger partial charge is 0.314 e. The van der Waals surface area contributed by atoms with E-state index in [-0.39, 0.29) is 23.9 Å². The van der Waals surface area contributed by atoms with Gasteiger partial charge in [-0.1, -0.05) is 0 Å². The Balaban J connectivity index is 0.0000000900. The maximum Gasteiger partial charge on any atom is 0.00772 e. The van der Waals surface area contributed by atoms with Crippen molar-refractivity contribution in [3.63, 3.8) is 0 Å². The molecular weight excluding hydrogens is 157 g/mol. The molecule has 4 heavy (non-hydrogen) atoms. The molecule has 1 N–H and O–H groups in total. The van der Waals surface area contributed by atoms with Crippen LogP contribution in [-0.4, -0.2) is 37.0 Å². The zero-order valence-corrected chi connectivity index (χ0v) is 5.27. The monoisotopic (exact) mass is 163 g/mol. The normalized spacial score (nSPS) is 18.0. The molecule has 0 atom stereocenters. The molecule has 1 rings (SSSR count). The predicted molar refractivity (Wildman–Crippen MR) is 18.6 cm³/mol. The molecule has 1 saturated heterocycles. The molecule has 0 spiro atoms. The van der Waals surface area contributed by atoms with Crippen molar-refractivity contribution in [2.24, 2.45) is 0 Å². The minimum atomic E-state index is 0. The first-order valence-electron chi connectivity index (χ1n) is 1.21. The van der Waals surface area contributed by atoms with Gasteiger partial charge in [-0.05, 0) is 0 Å². The second kappa shape index (κ2) is 2.02. The summed E-state index contributed by atoms with van der Waals surface area (Å²) in [7, 11) is 0. The van der Waals surface area contributed by atoms with Crippen LogP contribution in [0.25, 0.3) is 0 Å². The van der Waals surface area contributed by atoms with Gasteiger partial charge < -0.3 is 5.32 Å². The van der Waals surface area contributed by atoms with Crippen molar-refractivity contribution in [1.29, 1.82) is 0 Å². The standard InChI is InChI=1S/C2H5N.Sn/c1-2-3-1;/h3H,1-2H2;. The molecule has 0 bridgehead atoms. The summed E-state index contributed by atoms with van der Waals surface area (Å²) < 4.78 is 0. The molecule has 0 aromatic heterocycles. The zero-order chi connectivity index (χ0) is 2.12. The minimum absolute atomic E-state index is 0. The average Bonchev–Trinajstić information content (AvgIpc) is 1.46. The van der Waals surface area contributed by atoms with Crippen molar-refractivity contribution in [3.8, 4) is 0 Å². The fourth-order valence-electron chi connectivity index (χ4n) is 0.